The summed E-state index contributed by atoms with van der Waals surface area (Å²) in [6.45, 7) is 0.277. The van der Waals surface area contributed by atoms with Crippen LogP contribution >= 0.6 is 12.2 Å². The average molecular weight is 323 g/mol. The Bertz CT molecular complexity index is 653. The Hall–Kier alpha value is -2.28. The van der Waals surface area contributed by atoms with E-state index in [9.17, 15) is 8.78 Å². The van der Waals surface area contributed by atoms with Gasteiger partial charge in [0.05, 0.1) is 7.11 Å². The van der Waals surface area contributed by atoms with Crippen molar-refractivity contribution in [2.45, 2.75) is 6.42 Å². The second-order valence-electron chi connectivity index (χ2n) is 4.39. The van der Waals surface area contributed by atoms with Gasteiger partial charge in [0.15, 0.2) is 16.7 Å². The summed E-state index contributed by atoms with van der Waals surface area (Å²) in [4.78, 5) is 4.06. The Morgan fingerprint density at radius 2 is 2.09 bits per heavy atom. The number of ether oxygens (including phenoxy) is 1. The van der Waals surface area contributed by atoms with Gasteiger partial charge < -0.3 is 15.4 Å². The molecule has 2 N–H and O–H groups in total. The number of nitrogens with one attached hydrogen (secondary N) is 2. The third kappa shape index (κ3) is 4.11. The lowest BCUT2D eigenvalue weighted by atomic mass is 10.1. The number of nitrogens with zero attached hydrogens (tertiary/aromatic N) is 1. The van der Waals surface area contributed by atoms with Gasteiger partial charge >= 0.3 is 0 Å². The highest BCUT2D eigenvalue weighted by molar-refractivity contribution is 7.80. The monoisotopic (exact) mass is 323 g/mol. The van der Waals surface area contributed by atoms with Gasteiger partial charge in [0.25, 0.3) is 0 Å². The molecular formula is C15H15F2N3OS. The van der Waals surface area contributed by atoms with Gasteiger partial charge in [0.1, 0.15) is 11.6 Å². The van der Waals surface area contributed by atoms with Crippen molar-refractivity contribution in [2.75, 3.05) is 19.0 Å². The predicted octanol–water partition coefficient (Wildman–Crippen LogP) is 2.90. The van der Waals surface area contributed by atoms with Crippen LogP contribution in [0.3, 0.4) is 0 Å². The first-order chi connectivity index (χ1) is 10.6. The molecule has 4 nitrogen and oxygen atoms in total. The number of halogens is 2. The molecule has 2 rings (SSSR count). The molecule has 0 saturated heterocycles. The summed E-state index contributed by atoms with van der Waals surface area (Å²) in [6, 6.07) is 7.81. The van der Waals surface area contributed by atoms with Gasteiger partial charge in [-0.15, -0.1) is 0 Å². The summed E-state index contributed by atoms with van der Waals surface area (Å²) >= 11 is 5.09. The molecule has 0 aliphatic carbocycles. The number of aromatic nitrogens is 1. The van der Waals surface area contributed by atoms with Crippen LogP contribution in [0.4, 0.5) is 14.6 Å². The van der Waals surface area contributed by atoms with Crippen LogP contribution < -0.4 is 15.4 Å². The molecule has 1 heterocycles. The van der Waals surface area contributed by atoms with Gasteiger partial charge in [-0.2, -0.15) is 0 Å². The zero-order chi connectivity index (χ0) is 15.9. The fraction of sp³-hybridized carbons (Fsp3) is 0.200. The van der Waals surface area contributed by atoms with Crippen LogP contribution in [0.2, 0.25) is 0 Å². The minimum atomic E-state index is -0.687. The molecular weight excluding hydrogens is 308 g/mol. The lowest BCUT2D eigenvalue weighted by Crippen LogP contribution is -2.30. The largest absolute Gasteiger partial charge is 0.494 e. The molecule has 0 atom stereocenters. The standard InChI is InChI=1S/C15H15F2N3OS/c1-21-12-6-5-11(16)10(14(12)17)7-9-19-15(22)20-13-4-2-3-8-18-13/h2-6,8H,7,9H2,1H3,(H2,18,19,20,22). The van der Waals surface area contributed by atoms with Crippen LogP contribution in [-0.2, 0) is 6.42 Å². The van der Waals surface area contributed by atoms with Gasteiger partial charge in [-0.25, -0.2) is 13.8 Å². The molecule has 0 bridgehead atoms. The summed E-state index contributed by atoms with van der Waals surface area (Å²) in [7, 11) is 1.34. The van der Waals surface area contributed by atoms with Crippen molar-refractivity contribution in [2.24, 2.45) is 0 Å². The quantitative estimate of drug-likeness (QED) is 0.829. The molecule has 1 aromatic heterocycles. The Labute approximate surface area is 132 Å². The van der Waals surface area contributed by atoms with Crippen molar-refractivity contribution in [3.8, 4) is 5.75 Å². The lowest BCUT2D eigenvalue weighted by molar-refractivity contribution is 0.380. The maximum absolute atomic E-state index is 14.0. The molecule has 0 saturated carbocycles. The van der Waals surface area contributed by atoms with Crippen molar-refractivity contribution in [1.82, 2.24) is 10.3 Å². The first-order valence-corrected chi connectivity index (χ1v) is 6.99. The van der Waals surface area contributed by atoms with Crippen molar-refractivity contribution in [1.29, 1.82) is 0 Å². The third-order valence-electron chi connectivity index (χ3n) is 2.94. The van der Waals surface area contributed by atoms with Crippen LogP contribution in [0.25, 0.3) is 0 Å². The van der Waals surface area contributed by atoms with Gasteiger partial charge in [-0.05, 0) is 42.9 Å². The first kappa shape index (κ1) is 16.1. The van der Waals surface area contributed by atoms with Crippen LogP contribution in [0.1, 0.15) is 5.56 Å². The van der Waals surface area contributed by atoms with E-state index >= 15 is 0 Å². The highest BCUT2D eigenvalue weighted by Gasteiger charge is 2.13. The van der Waals surface area contributed by atoms with Crippen molar-refractivity contribution >= 4 is 23.1 Å². The maximum atomic E-state index is 14.0. The minimum Gasteiger partial charge on any atom is -0.494 e. The Balaban J connectivity index is 1.90. The molecule has 0 unspecified atom stereocenters. The molecule has 0 aliphatic heterocycles. The van der Waals surface area contributed by atoms with Gasteiger partial charge in [-0.1, -0.05) is 6.07 Å². The van der Waals surface area contributed by atoms with E-state index in [-0.39, 0.29) is 24.3 Å². The number of pyridine rings is 1. The van der Waals surface area contributed by atoms with E-state index in [4.69, 9.17) is 17.0 Å². The average Bonchev–Trinajstić information content (AvgIpc) is 2.51. The highest BCUT2D eigenvalue weighted by atomic mass is 32.1. The number of rotatable bonds is 5. The van der Waals surface area contributed by atoms with E-state index in [0.717, 1.165) is 0 Å². The first-order valence-electron chi connectivity index (χ1n) is 6.58. The number of anilines is 1. The van der Waals surface area contributed by atoms with Crippen molar-refractivity contribution in [3.63, 3.8) is 0 Å². The zero-order valence-corrected chi connectivity index (χ0v) is 12.7. The van der Waals surface area contributed by atoms with Crippen molar-refractivity contribution in [3.05, 3.63) is 53.7 Å². The van der Waals surface area contributed by atoms with E-state index < -0.39 is 11.6 Å². The number of hydrogen-bond acceptors (Lipinski definition) is 3. The van der Waals surface area contributed by atoms with Crippen LogP contribution in [0.5, 0.6) is 5.75 Å². The van der Waals surface area contributed by atoms with E-state index in [2.05, 4.69) is 15.6 Å². The predicted molar refractivity (Wildman–Crippen MR) is 85.1 cm³/mol. The van der Waals surface area contributed by atoms with Gasteiger partial charge in [0.2, 0.25) is 0 Å². The second kappa shape index (κ2) is 7.65. The number of benzene rings is 1. The fourth-order valence-corrected chi connectivity index (χ4v) is 2.07. The molecule has 0 amide bonds. The normalized spacial score (nSPS) is 10.1. The number of methoxy groups -OCH3 is 1. The third-order valence-corrected chi connectivity index (χ3v) is 3.18. The summed E-state index contributed by atoms with van der Waals surface area (Å²) in [5.41, 5.74) is -0.0347. The molecule has 1 aromatic carbocycles. The zero-order valence-electron chi connectivity index (χ0n) is 11.9. The van der Waals surface area contributed by atoms with E-state index in [0.29, 0.717) is 10.9 Å². The minimum absolute atomic E-state index is 0.0191. The Morgan fingerprint density at radius 3 is 2.77 bits per heavy atom. The fourth-order valence-electron chi connectivity index (χ4n) is 1.86. The summed E-state index contributed by atoms with van der Waals surface area (Å²) < 4.78 is 32.4. The molecule has 0 fully saturated rings. The molecule has 116 valence electrons. The maximum Gasteiger partial charge on any atom is 0.171 e. The smallest absolute Gasteiger partial charge is 0.171 e. The molecule has 0 radical (unpaired) electrons. The highest BCUT2D eigenvalue weighted by Crippen LogP contribution is 2.23. The molecule has 2 aromatic rings. The lowest BCUT2D eigenvalue weighted by Gasteiger charge is -2.11. The summed E-state index contributed by atoms with van der Waals surface area (Å²) in [6.07, 6.45) is 1.77. The SMILES string of the molecule is COc1ccc(F)c(CCNC(=S)Nc2ccccn2)c1F. The molecule has 0 aliphatic rings. The Kier molecular flexibility index (Phi) is 5.60. The van der Waals surface area contributed by atoms with Gasteiger partial charge in [-0.3, -0.25) is 0 Å². The number of thiocarbonyl (C=S) groups is 1. The second-order valence-corrected chi connectivity index (χ2v) is 4.80. The summed E-state index contributed by atoms with van der Waals surface area (Å²) in [5, 5.41) is 6.09. The molecule has 22 heavy (non-hydrogen) atoms. The van der Waals surface area contributed by atoms with E-state index in [1.165, 1.54) is 19.2 Å². The molecule has 7 heteroatoms. The topological polar surface area (TPSA) is 46.2 Å². The van der Waals surface area contributed by atoms with Gasteiger partial charge in [0, 0.05) is 18.3 Å². The van der Waals surface area contributed by atoms with Crippen LogP contribution in [0.15, 0.2) is 36.5 Å². The van der Waals surface area contributed by atoms with Crippen LogP contribution in [-0.4, -0.2) is 23.8 Å². The van der Waals surface area contributed by atoms with E-state index in [1.54, 1.807) is 18.3 Å². The van der Waals surface area contributed by atoms with Crippen LogP contribution in [0, 0.1) is 11.6 Å². The summed E-state index contributed by atoms with van der Waals surface area (Å²) in [5.74, 6) is -0.680. The van der Waals surface area contributed by atoms with Crippen molar-refractivity contribution < 1.29 is 13.5 Å². The number of hydrogen-bond donors (Lipinski definition) is 2. The van der Waals surface area contributed by atoms with E-state index in [1.807, 2.05) is 6.07 Å². The molecule has 0 spiro atoms. The Morgan fingerprint density at radius 1 is 1.27 bits per heavy atom.